The first-order chi connectivity index (χ1) is 34.5. The summed E-state index contributed by atoms with van der Waals surface area (Å²) in [5.74, 6) is -4.79. The number of carbonyl (C=O) groups is 6. The van der Waals surface area contributed by atoms with Gasteiger partial charge in [-0.15, -0.1) is 10.2 Å². The van der Waals surface area contributed by atoms with Gasteiger partial charge in [0.15, 0.2) is 6.10 Å². The lowest BCUT2D eigenvalue weighted by Gasteiger charge is -2.41. The highest BCUT2D eigenvalue weighted by Gasteiger charge is 2.51. The normalized spacial score (nSPS) is 22.2. The van der Waals surface area contributed by atoms with E-state index in [1.807, 2.05) is 61.5 Å². The second-order valence-electron chi connectivity index (χ2n) is 17.2. The van der Waals surface area contributed by atoms with Gasteiger partial charge in [0.25, 0.3) is 5.91 Å². The molecule has 4 aromatic rings. The van der Waals surface area contributed by atoms with Gasteiger partial charge in [0.05, 0.1) is 6.61 Å². The Bertz CT molecular complexity index is 2510. The molecular weight excluding hydrogens is 966 g/mol. The quantitative estimate of drug-likeness (QED) is 0.0164. The molecule has 1 aromatic heterocycles. The van der Waals surface area contributed by atoms with E-state index < -0.39 is 112 Å². The van der Waals surface area contributed by atoms with Crippen LogP contribution in [0.1, 0.15) is 70.3 Å². The highest BCUT2D eigenvalue weighted by molar-refractivity contribution is 7.47. The summed E-state index contributed by atoms with van der Waals surface area (Å²) >= 11 is 0. The molecule has 2 heterocycles. The summed E-state index contributed by atoms with van der Waals surface area (Å²) in [7, 11) is -5.22. The predicted octanol–water partition coefficient (Wildman–Crippen LogP) is 2.69. The topological polar surface area (TPSA) is 344 Å². The number of aromatic nitrogens is 2. The number of nitrogens with zero attached hydrogens (tertiary/aromatic N) is 3. The lowest BCUT2D eigenvalue weighted by molar-refractivity contribution is -0.220. The highest BCUT2D eigenvalue weighted by atomic mass is 31.2. The number of carbonyl (C=O) groups excluding carboxylic acids is 6. The van der Waals surface area contributed by atoms with Gasteiger partial charge in [0.1, 0.15) is 49.1 Å². The van der Waals surface area contributed by atoms with E-state index in [1.54, 1.807) is 24.3 Å². The average molecular weight is 1020 g/mol. The molecular formula is C48H58N5O18P. The monoisotopic (exact) mass is 1020 g/mol. The first-order valence-corrected chi connectivity index (χ1v) is 24.9. The van der Waals surface area contributed by atoms with Crippen LogP contribution >= 0.6 is 7.82 Å². The second kappa shape index (κ2) is 25.9. The highest BCUT2D eigenvalue weighted by Crippen LogP contribution is 2.47. The molecule has 1 aliphatic heterocycles. The van der Waals surface area contributed by atoms with Crippen molar-refractivity contribution >= 4 is 43.5 Å². The molecule has 8 N–H and O–H groups in total. The van der Waals surface area contributed by atoms with E-state index in [2.05, 4.69) is 20.8 Å². The van der Waals surface area contributed by atoms with E-state index in [0.717, 1.165) is 23.1 Å². The second-order valence-corrected chi connectivity index (χ2v) is 18.6. The summed E-state index contributed by atoms with van der Waals surface area (Å²) in [6.45, 7) is 0.463. The molecule has 0 spiro atoms. The molecule has 5 amide bonds. The standard InChI is InChI=1S/C48H58N5O18P/c1-2-3-6-14-37(56)69-33(27-68-72(65,66)71-43-41(60)39(58)38(57)40(59)42(43)61)26-67-36(55)13-9-5-10-23-49-48(64)53-35(54)24-34(47(53)63)44(62)50-25-28-15-17-31(18-16-28)45-51-52-46(70-45)32-21-19-30(20-22-32)29-11-7-4-8-12-29/h4,7-8,11-12,15-22,33-34,38-43,57-61H,2-3,5-6,9-10,13-14,23-27H2,1H3,(H,49,64)(H,50,62)(H,65,66). The van der Waals surface area contributed by atoms with Crippen LogP contribution in [-0.2, 0) is 53.6 Å². The number of aliphatic hydroxyl groups excluding tert-OH is 5. The van der Waals surface area contributed by atoms with E-state index in [-0.39, 0.29) is 32.4 Å². The lowest BCUT2D eigenvalue weighted by Crippen LogP contribution is -2.64. The molecule has 7 unspecified atom stereocenters. The number of rotatable bonds is 24. The van der Waals surface area contributed by atoms with Crippen molar-refractivity contribution in [3.8, 4) is 34.0 Å². The van der Waals surface area contributed by atoms with Crippen molar-refractivity contribution in [3.05, 3.63) is 84.4 Å². The minimum Gasteiger partial charge on any atom is -0.462 e. The maximum Gasteiger partial charge on any atom is 0.472 e. The fourth-order valence-corrected chi connectivity index (χ4v) is 8.66. The summed E-state index contributed by atoms with van der Waals surface area (Å²) < 4.78 is 38.8. The van der Waals surface area contributed by atoms with Crippen LogP contribution in [0.5, 0.6) is 0 Å². The number of phosphoric ester groups is 1. The van der Waals surface area contributed by atoms with Crippen molar-refractivity contribution < 1.29 is 86.7 Å². The minimum absolute atomic E-state index is 0.00858. The van der Waals surface area contributed by atoms with Gasteiger partial charge in [0.2, 0.25) is 23.6 Å². The lowest BCUT2D eigenvalue weighted by atomic mass is 9.85. The zero-order chi connectivity index (χ0) is 52.0. The van der Waals surface area contributed by atoms with Gasteiger partial charge in [0, 0.05) is 43.5 Å². The van der Waals surface area contributed by atoms with Crippen LogP contribution in [0, 0.1) is 5.92 Å². The third-order valence-corrected chi connectivity index (χ3v) is 12.8. The first-order valence-electron chi connectivity index (χ1n) is 23.4. The molecule has 3 aromatic carbocycles. The number of hydrogen-bond acceptors (Lipinski definition) is 19. The summed E-state index contributed by atoms with van der Waals surface area (Å²) in [6.07, 6.45) is -11.6. The Morgan fingerprint density at radius 2 is 1.29 bits per heavy atom. The van der Waals surface area contributed by atoms with Crippen LogP contribution in [0.2, 0.25) is 0 Å². The number of hydrogen-bond donors (Lipinski definition) is 8. The van der Waals surface area contributed by atoms with Crippen molar-refractivity contribution in [1.29, 1.82) is 0 Å². The number of aliphatic hydroxyl groups is 5. The third kappa shape index (κ3) is 14.9. The van der Waals surface area contributed by atoms with E-state index in [4.69, 9.17) is 22.9 Å². The van der Waals surface area contributed by atoms with Gasteiger partial charge < -0.3 is 55.0 Å². The zero-order valence-electron chi connectivity index (χ0n) is 39.2. The molecule has 23 nitrogen and oxygen atoms in total. The number of likely N-dealkylation sites (tertiary alicyclic amines) is 1. The van der Waals surface area contributed by atoms with Crippen LogP contribution in [0.15, 0.2) is 83.3 Å². The number of benzene rings is 3. The van der Waals surface area contributed by atoms with Gasteiger partial charge >= 0.3 is 25.8 Å². The Balaban J connectivity index is 0.882. The SMILES string of the molecule is CCCCCC(=O)OC(COC(=O)CCCCCNC(=O)N1C(=O)CC(C(=O)NCc2ccc(-c3nnc(-c4ccc(-c5ccccc5)cc4)o3)cc2)C1=O)COP(=O)(O)OC1C(O)C(O)C(O)C(O)C1O. The van der Waals surface area contributed by atoms with Crippen molar-refractivity contribution in [3.63, 3.8) is 0 Å². The van der Waals surface area contributed by atoms with Crippen LogP contribution < -0.4 is 10.6 Å². The maximum atomic E-state index is 13.1. The average Bonchev–Trinajstić information content (AvgIpc) is 3.99. The molecule has 0 radical (unpaired) electrons. The fraction of sp³-hybridized carbons (Fsp3) is 0.458. The number of imide groups is 3. The number of nitrogens with one attached hydrogen (secondary N) is 2. The van der Waals surface area contributed by atoms with Gasteiger partial charge in [-0.3, -0.25) is 33.0 Å². The van der Waals surface area contributed by atoms with E-state index in [1.165, 1.54) is 0 Å². The third-order valence-electron chi connectivity index (χ3n) is 11.8. The number of unbranched alkanes of at least 4 members (excludes halogenated alkanes) is 4. The number of amides is 5. The molecule has 6 rings (SSSR count). The molecule has 1 saturated carbocycles. The molecule has 388 valence electrons. The number of esters is 2. The molecule has 24 heteroatoms. The Labute approximate surface area is 413 Å². The smallest absolute Gasteiger partial charge is 0.462 e. The van der Waals surface area contributed by atoms with Gasteiger partial charge in [-0.2, -0.15) is 4.90 Å². The Morgan fingerprint density at radius 3 is 1.93 bits per heavy atom. The number of urea groups is 1. The minimum atomic E-state index is -5.22. The summed E-state index contributed by atoms with van der Waals surface area (Å²) in [4.78, 5) is 87.3. The zero-order valence-corrected chi connectivity index (χ0v) is 40.1. The first kappa shape index (κ1) is 55.1. The predicted molar refractivity (Wildman–Crippen MR) is 250 cm³/mol. The van der Waals surface area contributed by atoms with Crippen LogP contribution in [-0.4, -0.2) is 144 Å². The van der Waals surface area contributed by atoms with E-state index >= 15 is 0 Å². The van der Waals surface area contributed by atoms with Crippen molar-refractivity contribution in [1.82, 2.24) is 25.7 Å². The maximum absolute atomic E-state index is 13.1. The van der Waals surface area contributed by atoms with Gasteiger partial charge in [-0.05, 0) is 60.2 Å². The van der Waals surface area contributed by atoms with Crippen molar-refractivity contribution in [2.24, 2.45) is 5.92 Å². The van der Waals surface area contributed by atoms with Crippen LogP contribution in [0.3, 0.4) is 0 Å². The van der Waals surface area contributed by atoms with Crippen molar-refractivity contribution in [2.45, 2.75) is 114 Å². The molecule has 72 heavy (non-hydrogen) atoms. The summed E-state index contributed by atoms with van der Waals surface area (Å²) in [5, 5.41) is 63.3. The largest absolute Gasteiger partial charge is 0.472 e. The molecule has 2 aliphatic rings. The summed E-state index contributed by atoms with van der Waals surface area (Å²) in [6, 6.07) is 23.6. The Kier molecular flexibility index (Phi) is 19.8. The van der Waals surface area contributed by atoms with Crippen LogP contribution in [0.25, 0.3) is 34.0 Å². The van der Waals surface area contributed by atoms with Crippen molar-refractivity contribution in [2.75, 3.05) is 19.8 Å². The Morgan fingerprint density at radius 1 is 0.722 bits per heavy atom. The fourth-order valence-electron chi connectivity index (χ4n) is 7.69. The number of phosphoric acid groups is 1. The van der Waals surface area contributed by atoms with E-state index in [9.17, 15) is 63.8 Å². The molecule has 2 fully saturated rings. The molecule has 1 aliphatic carbocycles. The van der Waals surface area contributed by atoms with Gasteiger partial charge in [-0.25, -0.2) is 9.36 Å². The Hall–Kier alpha value is -6.27. The molecule has 7 atom stereocenters. The van der Waals surface area contributed by atoms with E-state index in [0.29, 0.717) is 53.5 Å². The number of ether oxygens (including phenoxy) is 2. The molecule has 0 bridgehead atoms. The molecule has 1 saturated heterocycles. The summed E-state index contributed by atoms with van der Waals surface area (Å²) in [5.41, 5.74) is 4.19. The van der Waals surface area contributed by atoms with Crippen LogP contribution in [0.4, 0.5) is 4.79 Å². The van der Waals surface area contributed by atoms with Gasteiger partial charge in [-0.1, -0.05) is 80.8 Å².